The number of anilines is 1. The summed E-state index contributed by atoms with van der Waals surface area (Å²) in [6.45, 7) is 8.00. The first-order valence-electron chi connectivity index (χ1n) is 8.34. The number of rotatable bonds is 2. The van der Waals surface area contributed by atoms with Crippen LogP contribution in [0.5, 0.6) is 0 Å². The lowest BCUT2D eigenvalue weighted by atomic mass is 10.1. The van der Waals surface area contributed by atoms with Crippen molar-refractivity contribution in [1.29, 1.82) is 0 Å². The SMILES string of the molecule is Cc1ccc(N2C(=O)NC(=O)C(=Cc3cccn3C(C)(C)C)C2=O)cc1. The van der Waals surface area contributed by atoms with Gasteiger partial charge in [-0.3, -0.25) is 14.9 Å². The molecular formula is C20H21N3O3. The standard InChI is InChI=1S/C20H21N3O3/c1-13-7-9-14(10-8-13)23-18(25)16(17(24)21-19(23)26)12-15-6-5-11-22(15)20(2,3)4/h5-12H,1-4H3,(H,21,24,26). The molecule has 1 aromatic heterocycles. The van der Waals surface area contributed by atoms with E-state index < -0.39 is 17.8 Å². The monoisotopic (exact) mass is 351 g/mol. The van der Waals surface area contributed by atoms with Gasteiger partial charge in [0.25, 0.3) is 11.8 Å². The Morgan fingerprint density at radius 2 is 1.65 bits per heavy atom. The summed E-state index contributed by atoms with van der Waals surface area (Å²) in [6, 6.07) is 9.90. The number of benzene rings is 1. The van der Waals surface area contributed by atoms with Crippen molar-refractivity contribution in [3.05, 3.63) is 59.4 Å². The molecule has 0 unspecified atom stereocenters. The highest BCUT2D eigenvalue weighted by molar-refractivity contribution is 6.39. The number of carbonyl (C=O) groups excluding carboxylic acids is 3. The van der Waals surface area contributed by atoms with Gasteiger partial charge >= 0.3 is 6.03 Å². The molecule has 6 heteroatoms. The molecule has 0 saturated carbocycles. The Morgan fingerprint density at radius 3 is 2.27 bits per heavy atom. The van der Waals surface area contributed by atoms with Crippen molar-refractivity contribution < 1.29 is 14.4 Å². The van der Waals surface area contributed by atoms with E-state index in [0.29, 0.717) is 11.4 Å². The van der Waals surface area contributed by atoms with Crippen molar-refractivity contribution in [1.82, 2.24) is 9.88 Å². The molecule has 0 bridgehead atoms. The van der Waals surface area contributed by atoms with Gasteiger partial charge < -0.3 is 4.57 Å². The average molecular weight is 351 g/mol. The van der Waals surface area contributed by atoms with Gasteiger partial charge in [0.2, 0.25) is 0 Å². The molecule has 6 nitrogen and oxygen atoms in total. The number of imide groups is 2. The van der Waals surface area contributed by atoms with Crippen molar-refractivity contribution in [2.75, 3.05) is 4.90 Å². The number of hydrogen-bond acceptors (Lipinski definition) is 3. The second-order valence-corrected chi connectivity index (χ2v) is 7.27. The Morgan fingerprint density at radius 1 is 1.00 bits per heavy atom. The first-order chi connectivity index (χ1) is 12.2. The van der Waals surface area contributed by atoms with Gasteiger partial charge in [-0.15, -0.1) is 0 Å². The van der Waals surface area contributed by atoms with Gasteiger partial charge in [0.1, 0.15) is 5.57 Å². The fraction of sp³-hybridized carbons (Fsp3) is 0.250. The van der Waals surface area contributed by atoms with Crippen LogP contribution in [0.25, 0.3) is 6.08 Å². The fourth-order valence-electron chi connectivity index (χ4n) is 2.86. The van der Waals surface area contributed by atoms with Crippen LogP contribution in [0.2, 0.25) is 0 Å². The van der Waals surface area contributed by atoms with E-state index in [1.165, 1.54) is 6.08 Å². The van der Waals surface area contributed by atoms with Gasteiger partial charge in [-0.1, -0.05) is 17.7 Å². The lowest BCUT2D eigenvalue weighted by Crippen LogP contribution is -2.54. The first kappa shape index (κ1) is 17.7. The predicted molar refractivity (Wildman–Crippen MR) is 99.6 cm³/mol. The molecule has 1 fully saturated rings. The Kier molecular flexibility index (Phi) is 4.28. The van der Waals surface area contributed by atoms with Crippen molar-refractivity contribution in [2.24, 2.45) is 0 Å². The number of hydrogen-bond donors (Lipinski definition) is 1. The van der Waals surface area contributed by atoms with Crippen LogP contribution in [0.15, 0.2) is 48.2 Å². The van der Waals surface area contributed by atoms with Gasteiger partial charge in [-0.2, -0.15) is 0 Å². The van der Waals surface area contributed by atoms with Gasteiger partial charge in [0.05, 0.1) is 5.69 Å². The third kappa shape index (κ3) is 3.18. The summed E-state index contributed by atoms with van der Waals surface area (Å²) in [4.78, 5) is 38.4. The highest BCUT2D eigenvalue weighted by Gasteiger charge is 2.37. The molecule has 0 radical (unpaired) electrons. The van der Waals surface area contributed by atoms with Crippen molar-refractivity contribution in [3.63, 3.8) is 0 Å². The molecule has 1 aromatic carbocycles. The smallest absolute Gasteiger partial charge is 0.335 e. The lowest BCUT2D eigenvalue weighted by Gasteiger charge is -2.27. The highest BCUT2D eigenvalue weighted by Crippen LogP contribution is 2.24. The molecule has 1 saturated heterocycles. The van der Waals surface area contributed by atoms with E-state index in [4.69, 9.17) is 0 Å². The van der Waals surface area contributed by atoms with Crippen molar-refractivity contribution in [2.45, 2.75) is 33.2 Å². The average Bonchev–Trinajstić information content (AvgIpc) is 3.01. The Bertz CT molecular complexity index is 915. The Balaban J connectivity index is 2.04. The summed E-state index contributed by atoms with van der Waals surface area (Å²) >= 11 is 0. The normalized spacial score (nSPS) is 17.0. The number of urea groups is 1. The van der Waals surface area contributed by atoms with Crippen LogP contribution >= 0.6 is 0 Å². The van der Waals surface area contributed by atoms with Gasteiger partial charge in [0, 0.05) is 17.4 Å². The zero-order chi connectivity index (χ0) is 19.1. The third-order valence-electron chi connectivity index (χ3n) is 4.19. The van der Waals surface area contributed by atoms with Gasteiger partial charge in [-0.25, -0.2) is 9.69 Å². The molecule has 0 atom stereocenters. The summed E-state index contributed by atoms with van der Waals surface area (Å²) in [7, 11) is 0. The van der Waals surface area contributed by atoms with Crippen LogP contribution in [0, 0.1) is 6.92 Å². The third-order valence-corrected chi connectivity index (χ3v) is 4.19. The van der Waals surface area contributed by atoms with Crippen LogP contribution in [-0.4, -0.2) is 22.4 Å². The maximum atomic E-state index is 12.9. The predicted octanol–water partition coefficient (Wildman–Crippen LogP) is 3.22. The minimum absolute atomic E-state index is 0.0747. The minimum atomic E-state index is -0.743. The summed E-state index contributed by atoms with van der Waals surface area (Å²) in [5, 5.41) is 2.24. The fourth-order valence-corrected chi connectivity index (χ4v) is 2.86. The lowest BCUT2D eigenvalue weighted by molar-refractivity contribution is -0.122. The van der Waals surface area contributed by atoms with Crippen LogP contribution in [-0.2, 0) is 15.1 Å². The largest absolute Gasteiger partial charge is 0.343 e. The molecule has 1 aliphatic rings. The van der Waals surface area contributed by atoms with E-state index >= 15 is 0 Å². The van der Waals surface area contributed by atoms with E-state index in [1.807, 2.05) is 50.6 Å². The van der Waals surface area contributed by atoms with E-state index in [2.05, 4.69) is 5.32 Å². The van der Waals surface area contributed by atoms with E-state index in [1.54, 1.807) is 24.3 Å². The zero-order valence-corrected chi connectivity index (χ0v) is 15.2. The summed E-state index contributed by atoms with van der Waals surface area (Å²) < 4.78 is 1.97. The number of nitrogens with zero attached hydrogens (tertiary/aromatic N) is 2. The van der Waals surface area contributed by atoms with Crippen LogP contribution in [0.1, 0.15) is 32.0 Å². The quantitative estimate of drug-likeness (QED) is 0.667. The molecular weight excluding hydrogens is 330 g/mol. The summed E-state index contributed by atoms with van der Waals surface area (Å²) in [5.41, 5.74) is 1.86. The first-order valence-corrected chi connectivity index (χ1v) is 8.34. The number of nitrogens with one attached hydrogen (secondary N) is 1. The van der Waals surface area contributed by atoms with Crippen molar-refractivity contribution >= 4 is 29.6 Å². The molecule has 134 valence electrons. The molecule has 2 heterocycles. The molecule has 3 rings (SSSR count). The van der Waals surface area contributed by atoms with Gasteiger partial charge in [-0.05, 0) is 58.0 Å². The maximum absolute atomic E-state index is 12.9. The number of aromatic nitrogens is 1. The van der Waals surface area contributed by atoms with Crippen LogP contribution < -0.4 is 10.2 Å². The molecule has 1 aliphatic heterocycles. The van der Waals surface area contributed by atoms with Gasteiger partial charge in [0.15, 0.2) is 0 Å². The molecule has 1 N–H and O–H groups in total. The van der Waals surface area contributed by atoms with Crippen molar-refractivity contribution in [3.8, 4) is 0 Å². The second kappa shape index (κ2) is 6.29. The van der Waals surface area contributed by atoms with Crippen LogP contribution in [0.4, 0.5) is 10.5 Å². The molecule has 0 aliphatic carbocycles. The minimum Gasteiger partial charge on any atom is -0.343 e. The summed E-state index contributed by atoms with van der Waals surface area (Å²) in [5.74, 6) is -1.32. The zero-order valence-electron chi connectivity index (χ0n) is 15.2. The second-order valence-electron chi connectivity index (χ2n) is 7.27. The summed E-state index contributed by atoms with van der Waals surface area (Å²) in [6.07, 6.45) is 3.41. The highest BCUT2D eigenvalue weighted by atomic mass is 16.2. The Hall–Kier alpha value is -3.15. The van der Waals surface area contributed by atoms with E-state index in [-0.39, 0.29) is 11.1 Å². The van der Waals surface area contributed by atoms with E-state index in [0.717, 1.165) is 10.5 Å². The number of carbonyl (C=O) groups is 3. The maximum Gasteiger partial charge on any atom is 0.335 e. The molecule has 26 heavy (non-hydrogen) atoms. The number of amides is 4. The van der Waals surface area contributed by atoms with E-state index in [9.17, 15) is 14.4 Å². The number of aryl methyl sites for hydroxylation is 1. The Labute approximate surface area is 152 Å². The van der Waals surface area contributed by atoms with Crippen LogP contribution in [0.3, 0.4) is 0 Å². The molecule has 2 aromatic rings. The topological polar surface area (TPSA) is 71.4 Å². The number of barbiturate groups is 1. The molecule has 0 spiro atoms. The molecule has 4 amide bonds.